The molecule has 0 spiro atoms. The van der Waals surface area contributed by atoms with Gasteiger partial charge in [-0.25, -0.2) is 0 Å². The summed E-state index contributed by atoms with van der Waals surface area (Å²) in [4.78, 5) is 27.7. The number of benzene rings is 1. The van der Waals surface area contributed by atoms with Crippen LogP contribution in [0, 0.1) is 0 Å². The summed E-state index contributed by atoms with van der Waals surface area (Å²) in [7, 11) is 1.51. The number of amides is 1. The van der Waals surface area contributed by atoms with Gasteiger partial charge in [-0.2, -0.15) is 0 Å². The van der Waals surface area contributed by atoms with Crippen LogP contribution in [0.4, 0.5) is 0 Å². The Morgan fingerprint density at radius 3 is 2.84 bits per heavy atom. The Labute approximate surface area is 185 Å². The van der Waals surface area contributed by atoms with E-state index in [4.69, 9.17) is 18.6 Å². The zero-order valence-electron chi connectivity index (χ0n) is 17.8. The van der Waals surface area contributed by atoms with Crippen LogP contribution in [0.5, 0.6) is 11.5 Å². The normalized spacial score (nSPS) is 20.7. The Bertz CT molecular complexity index is 1030. The van der Waals surface area contributed by atoms with E-state index in [-0.39, 0.29) is 24.0 Å². The van der Waals surface area contributed by atoms with Crippen LogP contribution in [0.15, 0.2) is 65.0 Å². The van der Waals surface area contributed by atoms with Crippen LogP contribution < -0.4 is 9.47 Å². The van der Waals surface area contributed by atoms with Gasteiger partial charge in [-0.15, -0.1) is 0 Å². The molecule has 1 amide bonds. The van der Waals surface area contributed by atoms with E-state index >= 15 is 0 Å². The van der Waals surface area contributed by atoms with Crippen molar-refractivity contribution < 1.29 is 33.3 Å². The largest absolute Gasteiger partial charge is 0.503 e. The maximum atomic E-state index is 13.2. The highest BCUT2D eigenvalue weighted by Crippen LogP contribution is 2.42. The number of furan rings is 1. The number of nitrogens with zero attached hydrogens (tertiary/aromatic N) is 1. The van der Waals surface area contributed by atoms with Crippen LogP contribution in [-0.2, 0) is 9.53 Å². The van der Waals surface area contributed by atoms with Crippen molar-refractivity contribution in [2.24, 2.45) is 0 Å². The van der Waals surface area contributed by atoms with Gasteiger partial charge in [0.15, 0.2) is 23.0 Å². The Morgan fingerprint density at radius 1 is 1.34 bits per heavy atom. The molecule has 168 valence electrons. The van der Waals surface area contributed by atoms with Gasteiger partial charge in [-0.3, -0.25) is 9.59 Å². The number of rotatable bonds is 9. The van der Waals surface area contributed by atoms with Crippen molar-refractivity contribution in [3.8, 4) is 11.5 Å². The van der Waals surface area contributed by atoms with E-state index in [1.807, 2.05) is 0 Å². The summed E-state index contributed by atoms with van der Waals surface area (Å²) in [5, 5.41) is 10.7. The average molecular weight is 439 g/mol. The number of carbonyl (C=O) groups excluding carboxylic acids is 2. The van der Waals surface area contributed by atoms with Crippen LogP contribution in [0.25, 0.3) is 0 Å². The summed E-state index contributed by atoms with van der Waals surface area (Å²) in [5.74, 6) is -0.775. The van der Waals surface area contributed by atoms with Gasteiger partial charge in [0.1, 0.15) is 6.61 Å². The standard InChI is InChI=1S/C24H25NO7/c1-3-10-31-17-9-8-15(13-19(17)29-2)21-20(22(26)18-7-5-12-32-18)23(27)24(28)25(21)14-16-6-4-11-30-16/h3,5,7-9,12-13,16,21,27H,1,4,6,10-11,14H2,2H3. The molecule has 8 heteroatoms. The molecule has 2 aliphatic rings. The van der Waals surface area contributed by atoms with E-state index in [1.54, 1.807) is 30.3 Å². The molecule has 0 saturated carbocycles. The van der Waals surface area contributed by atoms with Gasteiger partial charge < -0.3 is 28.6 Å². The van der Waals surface area contributed by atoms with Crippen molar-refractivity contribution in [2.75, 3.05) is 26.9 Å². The molecule has 32 heavy (non-hydrogen) atoms. The highest BCUT2D eigenvalue weighted by Gasteiger charge is 2.45. The molecule has 4 rings (SSSR count). The topological polar surface area (TPSA) is 98.4 Å². The first-order valence-corrected chi connectivity index (χ1v) is 10.4. The fourth-order valence-electron chi connectivity index (χ4n) is 4.09. The highest BCUT2D eigenvalue weighted by molar-refractivity contribution is 6.15. The quantitative estimate of drug-likeness (QED) is 0.471. The molecule has 2 aromatic rings. The summed E-state index contributed by atoms with van der Waals surface area (Å²) in [6.45, 7) is 4.81. The minimum absolute atomic E-state index is 0.0373. The number of hydrogen-bond donors (Lipinski definition) is 1. The van der Waals surface area contributed by atoms with E-state index in [0.717, 1.165) is 12.8 Å². The second-order valence-corrected chi connectivity index (χ2v) is 7.57. The van der Waals surface area contributed by atoms with Crippen molar-refractivity contribution >= 4 is 11.7 Å². The van der Waals surface area contributed by atoms with Gasteiger partial charge in [0.25, 0.3) is 5.91 Å². The summed E-state index contributed by atoms with van der Waals surface area (Å²) >= 11 is 0. The third kappa shape index (κ3) is 4.01. The Hall–Kier alpha value is -3.52. The number of methoxy groups -OCH3 is 1. The number of Topliss-reactive ketones (excluding diaryl/α,β-unsaturated/α-hetero) is 1. The second kappa shape index (κ2) is 9.32. The first kappa shape index (κ1) is 21.7. The minimum Gasteiger partial charge on any atom is -0.503 e. The van der Waals surface area contributed by atoms with Crippen molar-refractivity contribution in [1.29, 1.82) is 0 Å². The van der Waals surface area contributed by atoms with Crippen LogP contribution in [0.3, 0.4) is 0 Å². The molecule has 8 nitrogen and oxygen atoms in total. The van der Waals surface area contributed by atoms with Gasteiger partial charge in [-0.1, -0.05) is 18.7 Å². The van der Waals surface area contributed by atoms with E-state index < -0.39 is 23.5 Å². The van der Waals surface area contributed by atoms with Crippen molar-refractivity contribution in [3.63, 3.8) is 0 Å². The molecule has 0 radical (unpaired) electrons. The molecule has 1 N–H and O–H groups in total. The third-order valence-corrected chi connectivity index (χ3v) is 5.58. The summed E-state index contributed by atoms with van der Waals surface area (Å²) in [6.07, 6.45) is 4.53. The number of hydrogen-bond acceptors (Lipinski definition) is 7. The molecule has 2 aliphatic heterocycles. The summed E-state index contributed by atoms with van der Waals surface area (Å²) in [6, 6.07) is 7.40. The molecular formula is C24H25NO7. The fourth-order valence-corrected chi connectivity index (χ4v) is 4.09. The zero-order valence-corrected chi connectivity index (χ0v) is 17.8. The molecule has 2 atom stereocenters. The van der Waals surface area contributed by atoms with Crippen molar-refractivity contribution in [2.45, 2.75) is 25.0 Å². The molecule has 0 aliphatic carbocycles. The number of ketones is 1. The van der Waals surface area contributed by atoms with Gasteiger partial charge >= 0.3 is 0 Å². The lowest BCUT2D eigenvalue weighted by molar-refractivity contribution is -0.131. The zero-order chi connectivity index (χ0) is 22.7. The number of carbonyl (C=O) groups is 2. The Morgan fingerprint density at radius 2 is 2.19 bits per heavy atom. The predicted molar refractivity (Wildman–Crippen MR) is 115 cm³/mol. The van der Waals surface area contributed by atoms with E-state index in [2.05, 4.69) is 6.58 Å². The van der Waals surface area contributed by atoms with Gasteiger partial charge in [0.05, 0.1) is 31.1 Å². The van der Waals surface area contributed by atoms with Crippen molar-refractivity contribution in [1.82, 2.24) is 4.90 Å². The fraction of sp³-hybridized carbons (Fsp3) is 0.333. The summed E-state index contributed by atoms with van der Waals surface area (Å²) in [5.41, 5.74) is 0.558. The smallest absolute Gasteiger partial charge is 0.290 e. The van der Waals surface area contributed by atoms with Crippen LogP contribution in [-0.4, -0.2) is 54.7 Å². The van der Waals surface area contributed by atoms with E-state index in [9.17, 15) is 14.7 Å². The second-order valence-electron chi connectivity index (χ2n) is 7.57. The van der Waals surface area contributed by atoms with Gasteiger partial charge in [0, 0.05) is 13.2 Å². The molecular weight excluding hydrogens is 414 g/mol. The molecule has 1 aromatic carbocycles. The van der Waals surface area contributed by atoms with Crippen LogP contribution in [0.2, 0.25) is 0 Å². The third-order valence-electron chi connectivity index (χ3n) is 5.58. The van der Waals surface area contributed by atoms with Crippen molar-refractivity contribution in [3.05, 3.63) is 71.9 Å². The predicted octanol–water partition coefficient (Wildman–Crippen LogP) is 3.61. The number of aliphatic hydroxyl groups is 1. The number of ether oxygens (including phenoxy) is 3. The van der Waals surface area contributed by atoms with Gasteiger partial charge in [0.2, 0.25) is 5.78 Å². The monoisotopic (exact) mass is 439 g/mol. The maximum absolute atomic E-state index is 13.2. The molecule has 1 fully saturated rings. The van der Waals surface area contributed by atoms with Crippen LogP contribution in [0.1, 0.15) is 35.0 Å². The first-order chi connectivity index (χ1) is 15.5. The SMILES string of the molecule is C=CCOc1ccc(C2C(C(=O)c3ccco3)=C(O)C(=O)N2CC2CCCO2)cc1OC. The summed E-state index contributed by atoms with van der Waals surface area (Å²) < 4.78 is 22.0. The average Bonchev–Trinajstić information content (AvgIpc) is 3.56. The minimum atomic E-state index is -0.827. The van der Waals surface area contributed by atoms with E-state index in [1.165, 1.54) is 24.3 Å². The molecule has 0 bridgehead atoms. The maximum Gasteiger partial charge on any atom is 0.290 e. The lowest BCUT2D eigenvalue weighted by atomic mass is 9.94. The Balaban J connectivity index is 1.76. The highest BCUT2D eigenvalue weighted by atomic mass is 16.5. The van der Waals surface area contributed by atoms with E-state index in [0.29, 0.717) is 30.3 Å². The first-order valence-electron chi connectivity index (χ1n) is 10.4. The lowest BCUT2D eigenvalue weighted by Crippen LogP contribution is -2.37. The molecule has 3 heterocycles. The number of aliphatic hydroxyl groups excluding tert-OH is 1. The lowest BCUT2D eigenvalue weighted by Gasteiger charge is -2.29. The van der Waals surface area contributed by atoms with Crippen LogP contribution >= 0.6 is 0 Å². The van der Waals surface area contributed by atoms with Gasteiger partial charge in [-0.05, 0) is 42.7 Å². The molecule has 1 saturated heterocycles. The molecule has 2 unspecified atom stereocenters. The molecule has 1 aromatic heterocycles. The Kier molecular flexibility index (Phi) is 6.32.